The van der Waals surface area contributed by atoms with Crippen LogP contribution in [-0.2, 0) is 9.59 Å². The van der Waals surface area contributed by atoms with Crippen molar-refractivity contribution in [2.45, 2.75) is 17.1 Å². The van der Waals surface area contributed by atoms with Crippen molar-refractivity contribution in [1.82, 2.24) is 5.32 Å². The highest BCUT2D eigenvalue weighted by Gasteiger charge is 2.23. The van der Waals surface area contributed by atoms with Crippen LogP contribution in [0.2, 0.25) is 5.02 Å². The molecule has 0 aliphatic heterocycles. The lowest BCUT2D eigenvalue weighted by Gasteiger charge is -2.18. The van der Waals surface area contributed by atoms with Gasteiger partial charge < -0.3 is 20.4 Å². The van der Waals surface area contributed by atoms with Crippen molar-refractivity contribution < 1.29 is 18.8 Å². The van der Waals surface area contributed by atoms with E-state index in [0.29, 0.717) is 33.5 Å². The van der Waals surface area contributed by atoms with E-state index < -0.39 is 17.1 Å². The molecular formula is C41H32ClN3O4S. The summed E-state index contributed by atoms with van der Waals surface area (Å²) in [4.78, 5) is 41.1. The van der Waals surface area contributed by atoms with Gasteiger partial charge in [-0.2, -0.15) is 0 Å². The van der Waals surface area contributed by atoms with Crippen LogP contribution < -0.4 is 16.0 Å². The smallest absolute Gasteiger partial charge is 0.272 e. The molecule has 6 aromatic rings. The summed E-state index contributed by atoms with van der Waals surface area (Å²) in [5.74, 6) is -0.148. The van der Waals surface area contributed by atoms with Gasteiger partial charge in [0.05, 0.1) is 0 Å². The van der Waals surface area contributed by atoms with Gasteiger partial charge in [-0.1, -0.05) is 96.5 Å². The number of halogens is 1. The molecule has 9 heteroatoms. The molecule has 0 bridgehead atoms. The molecule has 7 nitrogen and oxygen atoms in total. The zero-order valence-electron chi connectivity index (χ0n) is 26.9. The molecule has 0 spiro atoms. The van der Waals surface area contributed by atoms with Crippen LogP contribution in [0.25, 0.3) is 17.4 Å². The van der Waals surface area contributed by atoms with E-state index in [-0.39, 0.29) is 11.6 Å². The Labute approximate surface area is 299 Å². The fourth-order valence-electron chi connectivity index (χ4n) is 5.00. The minimum atomic E-state index is -0.562. The Morgan fingerprint density at radius 3 is 2.04 bits per heavy atom. The van der Waals surface area contributed by atoms with Crippen LogP contribution in [0.1, 0.15) is 32.5 Å². The number of benzene rings is 5. The highest BCUT2D eigenvalue weighted by Crippen LogP contribution is 2.37. The number of hydrogen-bond donors (Lipinski definition) is 3. The molecule has 6 rings (SSSR count). The number of aryl methyl sites for hydroxylation is 1. The second-order valence-electron chi connectivity index (χ2n) is 11.3. The molecule has 0 aliphatic carbocycles. The maximum Gasteiger partial charge on any atom is 0.272 e. The molecule has 0 aliphatic rings. The summed E-state index contributed by atoms with van der Waals surface area (Å²) in [6.07, 6.45) is 1.50. The number of carbonyl (C=O) groups is 3. The summed E-state index contributed by atoms with van der Waals surface area (Å²) in [7, 11) is 0. The van der Waals surface area contributed by atoms with Crippen molar-refractivity contribution in [3.63, 3.8) is 0 Å². The van der Waals surface area contributed by atoms with Gasteiger partial charge in [-0.15, -0.1) is 11.8 Å². The van der Waals surface area contributed by atoms with E-state index in [2.05, 4.69) is 16.0 Å². The van der Waals surface area contributed by atoms with E-state index in [9.17, 15) is 14.4 Å². The van der Waals surface area contributed by atoms with Gasteiger partial charge in [0.15, 0.2) is 0 Å². The molecule has 0 saturated carbocycles. The van der Waals surface area contributed by atoms with E-state index >= 15 is 0 Å². The van der Waals surface area contributed by atoms with Crippen LogP contribution in [-0.4, -0.2) is 17.7 Å². The lowest BCUT2D eigenvalue weighted by Crippen LogP contribution is -2.30. The van der Waals surface area contributed by atoms with E-state index in [1.54, 1.807) is 48.5 Å². The third kappa shape index (κ3) is 8.79. The summed E-state index contributed by atoms with van der Waals surface area (Å²) < 4.78 is 6.00. The van der Waals surface area contributed by atoms with E-state index in [4.69, 9.17) is 16.0 Å². The van der Waals surface area contributed by atoms with Crippen molar-refractivity contribution in [3.8, 4) is 11.3 Å². The highest BCUT2D eigenvalue weighted by molar-refractivity contribution is 8.00. The first-order valence-corrected chi connectivity index (χ1v) is 17.0. The third-order valence-electron chi connectivity index (χ3n) is 7.65. The van der Waals surface area contributed by atoms with Gasteiger partial charge in [0.2, 0.25) is 5.91 Å². The largest absolute Gasteiger partial charge is 0.457 e. The molecule has 0 radical (unpaired) electrons. The first-order chi connectivity index (χ1) is 24.3. The SMILES string of the molecule is Cc1ccc(NC(=O)[C@@H](Sc2ccc(NC(=O)/C(=C/c3ccc(-c4ccccc4)o3)NC(=O)c3ccccc3)cc2)c2ccccc2)cc1Cl. The summed E-state index contributed by atoms with van der Waals surface area (Å²) in [5, 5.41) is 8.61. The van der Waals surface area contributed by atoms with Gasteiger partial charge in [0.25, 0.3) is 11.8 Å². The predicted molar refractivity (Wildman–Crippen MR) is 201 cm³/mol. The number of thioether (sulfide) groups is 1. The lowest BCUT2D eigenvalue weighted by atomic mass is 10.1. The van der Waals surface area contributed by atoms with Crippen LogP contribution in [0.4, 0.5) is 11.4 Å². The summed E-state index contributed by atoms with van der Waals surface area (Å²) in [5.41, 5.74) is 4.16. The summed E-state index contributed by atoms with van der Waals surface area (Å²) >= 11 is 7.68. The Kier molecular flexibility index (Phi) is 10.9. The van der Waals surface area contributed by atoms with Crippen LogP contribution in [0.15, 0.2) is 161 Å². The van der Waals surface area contributed by atoms with Crippen molar-refractivity contribution in [3.05, 3.63) is 179 Å². The Morgan fingerprint density at radius 1 is 0.720 bits per heavy atom. The number of hydrogen-bond acceptors (Lipinski definition) is 5. The molecule has 1 aromatic heterocycles. The van der Waals surface area contributed by atoms with E-state index in [1.165, 1.54) is 17.8 Å². The van der Waals surface area contributed by atoms with Crippen molar-refractivity contribution in [2.24, 2.45) is 0 Å². The monoisotopic (exact) mass is 697 g/mol. The molecule has 50 heavy (non-hydrogen) atoms. The van der Waals surface area contributed by atoms with Gasteiger partial charge in [-0.05, 0) is 78.7 Å². The average molecular weight is 698 g/mol. The van der Waals surface area contributed by atoms with Crippen LogP contribution in [0.3, 0.4) is 0 Å². The van der Waals surface area contributed by atoms with Crippen molar-refractivity contribution in [2.75, 3.05) is 10.6 Å². The molecule has 0 fully saturated rings. The fourth-order valence-corrected chi connectivity index (χ4v) is 6.21. The molecule has 0 saturated heterocycles. The number of nitrogens with one attached hydrogen (secondary N) is 3. The minimum Gasteiger partial charge on any atom is -0.457 e. The zero-order chi connectivity index (χ0) is 34.9. The van der Waals surface area contributed by atoms with Gasteiger partial charge in [-0.3, -0.25) is 14.4 Å². The normalized spacial score (nSPS) is 11.8. The third-order valence-corrected chi connectivity index (χ3v) is 9.32. The molecule has 1 heterocycles. The van der Waals surface area contributed by atoms with Gasteiger partial charge in [0.1, 0.15) is 22.5 Å². The van der Waals surface area contributed by atoms with Crippen molar-refractivity contribution >= 4 is 58.5 Å². The standard InChI is InChI=1S/C41H32ClN3O4S/c1-27-17-18-32(25-35(27)42)44-41(48)38(29-13-7-3-8-14-29)50-34-22-19-31(20-23-34)43-40(47)36(45-39(46)30-15-9-4-10-16-30)26-33-21-24-37(49-33)28-11-5-2-6-12-28/h2-26,38H,1H3,(H,43,47)(H,44,48)(H,45,46)/b36-26-/t38-/m0/s1. The van der Waals surface area contributed by atoms with Crippen LogP contribution in [0, 0.1) is 6.92 Å². The number of amides is 3. The number of furan rings is 1. The number of rotatable bonds is 11. The van der Waals surface area contributed by atoms with Gasteiger partial charge in [-0.25, -0.2) is 0 Å². The minimum absolute atomic E-state index is 0.00304. The van der Waals surface area contributed by atoms with Gasteiger partial charge >= 0.3 is 0 Å². The number of carbonyl (C=O) groups excluding carboxylic acids is 3. The molecule has 3 N–H and O–H groups in total. The molecule has 1 atom stereocenters. The fraction of sp³-hybridized carbons (Fsp3) is 0.0488. The van der Waals surface area contributed by atoms with E-state index in [0.717, 1.165) is 21.6 Å². The molecule has 248 valence electrons. The quantitative estimate of drug-likeness (QED) is 0.0925. The topological polar surface area (TPSA) is 100 Å². The second-order valence-corrected chi connectivity index (χ2v) is 12.9. The van der Waals surface area contributed by atoms with E-state index in [1.807, 2.05) is 104 Å². The van der Waals surface area contributed by atoms with Crippen LogP contribution >= 0.6 is 23.4 Å². The Hall–Kier alpha value is -5.83. The Morgan fingerprint density at radius 2 is 1.36 bits per heavy atom. The zero-order valence-corrected chi connectivity index (χ0v) is 28.5. The molecule has 0 unspecified atom stereocenters. The Balaban J connectivity index is 1.20. The predicted octanol–water partition coefficient (Wildman–Crippen LogP) is 9.79. The van der Waals surface area contributed by atoms with Crippen molar-refractivity contribution in [1.29, 1.82) is 0 Å². The summed E-state index contributed by atoms with van der Waals surface area (Å²) in [6.45, 7) is 1.90. The molecule has 3 amide bonds. The molecular weight excluding hydrogens is 666 g/mol. The summed E-state index contributed by atoms with van der Waals surface area (Å²) in [6, 6.07) is 43.9. The first-order valence-electron chi connectivity index (χ1n) is 15.8. The maximum atomic E-state index is 13.6. The van der Waals surface area contributed by atoms with Crippen LogP contribution in [0.5, 0.6) is 0 Å². The average Bonchev–Trinajstić information content (AvgIpc) is 3.62. The maximum absolute atomic E-state index is 13.6. The number of anilines is 2. The van der Waals surface area contributed by atoms with Gasteiger partial charge in [0, 0.05) is 38.5 Å². The molecule has 5 aromatic carbocycles. The first kappa shape index (κ1) is 34.0. The second kappa shape index (κ2) is 16.0. The highest BCUT2D eigenvalue weighted by atomic mass is 35.5. The lowest BCUT2D eigenvalue weighted by molar-refractivity contribution is -0.116. The Bertz CT molecular complexity index is 2130.